The predicted octanol–water partition coefficient (Wildman–Crippen LogP) is 2.94. The molecule has 2 N–H and O–H groups in total. The smallest absolute Gasteiger partial charge is 0.347 e. The van der Waals surface area contributed by atoms with Gasteiger partial charge in [-0.3, -0.25) is 9.36 Å². The molecule has 9 heteroatoms. The molecule has 1 saturated heterocycles. The number of amides is 3. The number of hydrogen-bond donors (Lipinski definition) is 2. The van der Waals surface area contributed by atoms with Crippen LogP contribution in [0, 0.1) is 0 Å². The molecule has 3 amide bonds. The largest absolute Gasteiger partial charge is 0.497 e. The fourth-order valence-corrected chi connectivity index (χ4v) is 3.83. The van der Waals surface area contributed by atoms with E-state index >= 15 is 0 Å². The van der Waals surface area contributed by atoms with Crippen molar-refractivity contribution < 1.29 is 14.3 Å². The second-order valence-electron chi connectivity index (χ2n) is 7.73. The zero-order valence-corrected chi connectivity index (χ0v) is 18.2. The van der Waals surface area contributed by atoms with Crippen molar-refractivity contribution in [2.75, 3.05) is 24.3 Å². The number of likely N-dealkylation sites (tertiary alicyclic amines) is 1. The highest BCUT2D eigenvalue weighted by Gasteiger charge is 2.34. The molecule has 33 heavy (non-hydrogen) atoms. The minimum absolute atomic E-state index is 0.225. The molecule has 4 rings (SSSR count). The van der Waals surface area contributed by atoms with Gasteiger partial charge in [0.15, 0.2) is 0 Å². The van der Waals surface area contributed by atoms with Gasteiger partial charge in [0.25, 0.3) is 0 Å². The maximum absolute atomic E-state index is 12.9. The Balaban J connectivity index is 1.40. The van der Waals surface area contributed by atoms with E-state index in [9.17, 15) is 14.4 Å². The van der Waals surface area contributed by atoms with Crippen LogP contribution in [0.15, 0.2) is 71.8 Å². The van der Waals surface area contributed by atoms with Gasteiger partial charge in [0.05, 0.1) is 13.7 Å². The monoisotopic (exact) mass is 447 g/mol. The standard InChI is InChI=1S/C24H25N5O4/c1-33-20-10-8-18(9-11-20)26-22(30)21-7-3-14-29(21)24(32)27-19-6-2-5-17(15-19)16-28-13-4-12-25-23(28)31/h2,4-6,8-13,15,21H,3,7,14,16H2,1H3,(H,26,30)(H,27,32)/t21-/m0/s1. The molecule has 0 bridgehead atoms. The first-order chi connectivity index (χ1) is 16.0. The minimum atomic E-state index is -0.552. The van der Waals surface area contributed by atoms with Crippen LogP contribution in [0.1, 0.15) is 18.4 Å². The number of ether oxygens (including phenoxy) is 1. The van der Waals surface area contributed by atoms with E-state index in [1.807, 2.05) is 12.1 Å². The van der Waals surface area contributed by atoms with E-state index in [0.717, 1.165) is 12.0 Å². The lowest BCUT2D eigenvalue weighted by molar-refractivity contribution is -0.119. The van der Waals surface area contributed by atoms with E-state index in [-0.39, 0.29) is 17.6 Å². The average Bonchev–Trinajstić information content (AvgIpc) is 3.32. The summed E-state index contributed by atoms with van der Waals surface area (Å²) in [4.78, 5) is 42.9. The summed E-state index contributed by atoms with van der Waals surface area (Å²) in [6, 6.07) is 15.1. The Morgan fingerprint density at radius 2 is 1.91 bits per heavy atom. The Bertz CT molecular complexity index is 1190. The second kappa shape index (κ2) is 9.99. The lowest BCUT2D eigenvalue weighted by Crippen LogP contribution is -2.45. The highest BCUT2D eigenvalue weighted by Crippen LogP contribution is 2.22. The SMILES string of the molecule is COc1ccc(NC(=O)[C@@H]2CCCN2C(=O)Nc2cccc(Cn3cccnc3=O)c2)cc1. The van der Waals surface area contributed by atoms with Crippen molar-refractivity contribution in [3.05, 3.63) is 83.0 Å². The fourth-order valence-electron chi connectivity index (χ4n) is 3.83. The highest BCUT2D eigenvalue weighted by atomic mass is 16.5. The molecule has 3 aromatic rings. The lowest BCUT2D eigenvalue weighted by Gasteiger charge is -2.24. The molecule has 1 aliphatic heterocycles. The number of hydrogen-bond acceptors (Lipinski definition) is 5. The molecule has 2 heterocycles. The van der Waals surface area contributed by atoms with Gasteiger partial charge in [-0.1, -0.05) is 12.1 Å². The number of carbonyl (C=O) groups excluding carboxylic acids is 2. The first-order valence-electron chi connectivity index (χ1n) is 10.7. The molecule has 1 atom stereocenters. The summed E-state index contributed by atoms with van der Waals surface area (Å²) in [5.41, 5.74) is 1.75. The summed E-state index contributed by atoms with van der Waals surface area (Å²) in [6.07, 6.45) is 4.46. The number of rotatable bonds is 6. The van der Waals surface area contributed by atoms with E-state index in [4.69, 9.17) is 4.74 Å². The molecule has 1 aromatic heterocycles. The maximum atomic E-state index is 12.9. The van der Waals surface area contributed by atoms with Crippen molar-refractivity contribution in [3.8, 4) is 5.75 Å². The van der Waals surface area contributed by atoms with Gasteiger partial charge in [0.2, 0.25) is 5.91 Å². The summed E-state index contributed by atoms with van der Waals surface area (Å²) in [7, 11) is 1.58. The molecule has 1 fully saturated rings. The molecule has 2 aromatic carbocycles. The number of methoxy groups -OCH3 is 1. The Morgan fingerprint density at radius 1 is 1.09 bits per heavy atom. The van der Waals surface area contributed by atoms with Crippen molar-refractivity contribution in [1.29, 1.82) is 0 Å². The third kappa shape index (κ3) is 5.38. The van der Waals surface area contributed by atoms with E-state index < -0.39 is 6.04 Å². The molecule has 0 saturated carbocycles. The van der Waals surface area contributed by atoms with Gasteiger partial charge in [0, 0.05) is 30.3 Å². The molecular formula is C24H25N5O4. The summed E-state index contributed by atoms with van der Waals surface area (Å²) in [5, 5.41) is 5.75. The van der Waals surface area contributed by atoms with E-state index in [0.29, 0.717) is 36.6 Å². The molecule has 0 radical (unpaired) electrons. The minimum Gasteiger partial charge on any atom is -0.497 e. The first kappa shape index (κ1) is 22.1. The molecular weight excluding hydrogens is 422 g/mol. The average molecular weight is 447 g/mol. The topological polar surface area (TPSA) is 106 Å². The van der Waals surface area contributed by atoms with Crippen LogP contribution in [0.5, 0.6) is 5.75 Å². The Hall–Kier alpha value is -4.14. The Morgan fingerprint density at radius 3 is 2.67 bits per heavy atom. The summed E-state index contributed by atoms with van der Waals surface area (Å²) in [5.74, 6) is 0.475. The quantitative estimate of drug-likeness (QED) is 0.604. The summed E-state index contributed by atoms with van der Waals surface area (Å²) >= 11 is 0. The number of carbonyl (C=O) groups is 2. The second-order valence-corrected chi connectivity index (χ2v) is 7.73. The molecule has 0 spiro atoms. The van der Waals surface area contributed by atoms with Crippen molar-refractivity contribution in [2.45, 2.75) is 25.4 Å². The van der Waals surface area contributed by atoms with Crippen molar-refractivity contribution in [3.63, 3.8) is 0 Å². The molecule has 0 aliphatic carbocycles. The molecule has 1 aliphatic rings. The van der Waals surface area contributed by atoms with Crippen LogP contribution in [0.25, 0.3) is 0 Å². The van der Waals surface area contributed by atoms with Crippen LogP contribution in [0.2, 0.25) is 0 Å². The van der Waals surface area contributed by atoms with Gasteiger partial charge >= 0.3 is 11.7 Å². The van der Waals surface area contributed by atoms with E-state index in [1.54, 1.807) is 60.7 Å². The van der Waals surface area contributed by atoms with Gasteiger partial charge in [-0.2, -0.15) is 0 Å². The van der Waals surface area contributed by atoms with Crippen molar-refractivity contribution in [1.82, 2.24) is 14.5 Å². The normalized spacial score (nSPS) is 15.2. The Labute approximate surface area is 191 Å². The third-order valence-corrected chi connectivity index (χ3v) is 5.49. The fraction of sp³-hybridized carbons (Fsp3) is 0.250. The van der Waals surface area contributed by atoms with Crippen LogP contribution in [-0.2, 0) is 11.3 Å². The van der Waals surface area contributed by atoms with Crippen molar-refractivity contribution >= 4 is 23.3 Å². The number of anilines is 2. The van der Waals surface area contributed by atoms with E-state index in [2.05, 4.69) is 15.6 Å². The van der Waals surface area contributed by atoms with Gasteiger partial charge in [-0.05, 0) is 60.9 Å². The number of nitrogens with zero attached hydrogens (tertiary/aromatic N) is 3. The Kier molecular flexibility index (Phi) is 6.68. The van der Waals surface area contributed by atoms with Crippen molar-refractivity contribution in [2.24, 2.45) is 0 Å². The number of urea groups is 1. The van der Waals surface area contributed by atoms with Gasteiger partial charge < -0.3 is 20.3 Å². The molecule has 0 unspecified atom stereocenters. The predicted molar refractivity (Wildman–Crippen MR) is 124 cm³/mol. The van der Waals surface area contributed by atoms with Crippen LogP contribution in [0.3, 0.4) is 0 Å². The van der Waals surface area contributed by atoms with Crippen LogP contribution >= 0.6 is 0 Å². The van der Waals surface area contributed by atoms with Crippen LogP contribution in [0.4, 0.5) is 16.2 Å². The maximum Gasteiger partial charge on any atom is 0.347 e. The zero-order valence-electron chi connectivity index (χ0n) is 18.2. The van der Waals surface area contributed by atoms with Gasteiger partial charge in [0.1, 0.15) is 11.8 Å². The molecule has 9 nitrogen and oxygen atoms in total. The summed E-state index contributed by atoms with van der Waals surface area (Å²) in [6.45, 7) is 0.838. The highest BCUT2D eigenvalue weighted by molar-refractivity contribution is 5.99. The van der Waals surface area contributed by atoms with E-state index in [1.165, 1.54) is 10.8 Å². The molecule has 170 valence electrons. The first-order valence-corrected chi connectivity index (χ1v) is 10.7. The summed E-state index contributed by atoms with van der Waals surface area (Å²) < 4.78 is 6.62. The van der Waals surface area contributed by atoms with Crippen LogP contribution < -0.4 is 21.1 Å². The van der Waals surface area contributed by atoms with Crippen LogP contribution in [-0.4, -0.2) is 46.1 Å². The zero-order chi connectivity index (χ0) is 23.2. The number of aromatic nitrogens is 2. The third-order valence-electron chi connectivity index (χ3n) is 5.49. The number of benzene rings is 2. The number of nitrogens with one attached hydrogen (secondary N) is 2. The lowest BCUT2D eigenvalue weighted by atomic mass is 10.2. The van der Waals surface area contributed by atoms with Gasteiger partial charge in [-0.15, -0.1) is 0 Å². The van der Waals surface area contributed by atoms with Gasteiger partial charge in [-0.25, -0.2) is 14.6 Å².